The Morgan fingerprint density at radius 3 is 3.11 bits per heavy atom. The predicted octanol–water partition coefficient (Wildman–Crippen LogP) is -0.929. The van der Waals surface area contributed by atoms with Gasteiger partial charge < -0.3 is 5.32 Å². The van der Waals surface area contributed by atoms with Crippen molar-refractivity contribution in [3.63, 3.8) is 0 Å². The fourth-order valence-electron chi connectivity index (χ4n) is 2.27. The Morgan fingerprint density at radius 1 is 1.58 bits per heavy atom. The third-order valence-corrected chi connectivity index (χ3v) is 4.72. The Bertz CT molecular complexity index is 472. The second-order valence-electron chi connectivity index (χ2n) is 4.68. The first-order valence-corrected chi connectivity index (χ1v) is 7.79. The van der Waals surface area contributed by atoms with E-state index < -0.39 is 10.2 Å². The summed E-state index contributed by atoms with van der Waals surface area (Å²) >= 11 is 0. The van der Waals surface area contributed by atoms with Crippen LogP contribution in [0.2, 0.25) is 0 Å². The Labute approximate surface area is 113 Å². The van der Waals surface area contributed by atoms with Crippen LogP contribution in [0, 0.1) is 5.92 Å². The van der Waals surface area contributed by atoms with Crippen molar-refractivity contribution in [2.24, 2.45) is 5.92 Å². The van der Waals surface area contributed by atoms with Crippen molar-refractivity contribution in [3.8, 4) is 0 Å². The predicted molar refractivity (Wildman–Crippen MR) is 70.4 cm³/mol. The van der Waals surface area contributed by atoms with E-state index in [9.17, 15) is 8.42 Å². The normalized spacial score (nSPS) is 21.6. The van der Waals surface area contributed by atoms with E-state index in [0.29, 0.717) is 24.8 Å². The first kappa shape index (κ1) is 14.4. The molecule has 1 aliphatic rings. The van der Waals surface area contributed by atoms with E-state index in [1.807, 2.05) is 7.05 Å². The molecule has 0 saturated carbocycles. The summed E-state index contributed by atoms with van der Waals surface area (Å²) in [5.41, 5.74) is 0. The van der Waals surface area contributed by atoms with Crippen molar-refractivity contribution in [3.05, 3.63) is 12.2 Å². The van der Waals surface area contributed by atoms with Crippen molar-refractivity contribution in [2.75, 3.05) is 26.7 Å². The highest BCUT2D eigenvalue weighted by Gasteiger charge is 2.28. The van der Waals surface area contributed by atoms with E-state index in [2.05, 4.69) is 25.2 Å². The van der Waals surface area contributed by atoms with Crippen molar-refractivity contribution in [1.82, 2.24) is 29.5 Å². The number of piperidine rings is 1. The Balaban J connectivity index is 1.91. The zero-order chi connectivity index (χ0) is 13.7. The van der Waals surface area contributed by atoms with Crippen molar-refractivity contribution in [2.45, 2.75) is 19.4 Å². The average Bonchev–Trinajstić information content (AvgIpc) is 2.90. The summed E-state index contributed by atoms with van der Waals surface area (Å²) in [5.74, 6) is 0.882. The molecule has 2 rings (SSSR count). The van der Waals surface area contributed by atoms with Gasteiger partial charge in [-0.15, -0.1) is 0 Å². The van der Waals surface area contributed by atoms with Crippen LogP contribution in [-0.2, 0) is 16.8 Å². The van der Waals surface area contributed by atoms with Gasteiger partial charge in [-0.25, -0.2) is 4.98 Å². The van der Waals surface area contributed by atoms with E-state index in [4.69, 9.17) is 0 Å². The molecule has 19 heavy (non-hydrogen) atoms. The largest absolute Gasteiger partial charge is 0.319 e. The number of aromatic nitrogens is 3. The topological polar surface area (TPSA) is 103 Å². The van der Waals surface area contributed by atoms with Gasteiger partial charge in [0.15, 0.2) is 0 Å². The number of hydrogen-bond donors (Lipinski definition) is 3. The fourth-order valence-corrected chi connectivity index (χ4v) is 3.55. The number of hydrogen-bond acceptors (Lipinski definition) is 5. The second-order valence-corrected chi connectivity index (χ2v) is 6.44. The Kier molecular flexibility index (Phi) is 4.86. The third-order valence-electron chi connectivity index (χ3n) is 3.20. The number of nitrogens with one attached hydrogen (secondary N) is 3. The minimum Gasteiger partial charge on any atom is -0.319 e. The summed E-state index contributed by atoms with van der Waals surface area (Å²) in [5, 5.41) is 9.40. The lowest BCUT2D eigenvalue weighted by Gasteiger charge is -2.31. The molecular weight excluding hydrogens is 268 g/mol. The number of H-pyrrole nitrogens is 1. The molecule has 0 amide bonds. The van der Waals surface area contributed by atoms with Gasteiger partial charge in [-0.05, 0) is 32.4 Å². The van der Waals surface area contributed by atoms with Crippen molar-refractivity contribution < 1.29 is 8.42 Å². The molecule has 1 unspecified atom stereocenters. The highest BCUT2D eigenvalue weighted by atomic mass is 32.2. The molecule has 1 aliphatic heterocycles. The molecule has 0 bridgehead atoms. The summed E-state index contributed by atoms with van der Waals surface area (Å²) < 4.78 is 28.4. The molecule has 1 saturated heterocycles. The van der Waals surface area contributed by atoms with Gasteiger partial charge in [0, 0.05) is 13.1 Å². The standard InChI is InChI=1S/C10H20N6O2S/c1-11-5-9-3-2-4-16(7-9)19(17,18)14-6-10-12-8-13-15-10/h8-9,11,14H,2-7H2,1H3,(H,12,13,15). The second kappa shape index (κ2) is 6.42. The van der Waals surface area contributed by atoms with Crippen LogP contribution in [0.15, 0.2) is 6.33 Å². The van der Waals surface area contributed by atoms with Crippen molar-refractivity contribution in [1.29, 1.82) is 0 Å². The van der Waals surface area contributed by atoms with Gasteiger partial charge >= 0.3 is 0 Å². The summed E-state index contributed by atoms with van der Waals surface area (Å²) in [7, 11) is -1.56. The van der Waals surface area contributed by atoms with Crippen LogP contribution < -0.4 is 10.0 Å². The number of nitrogens with zero attached hydrogens (tertiary/aromatic N) is 3. The summed E-state index contributed by atoms with van der Waals surface area (Å²) in [6.07, 6.45) is 3.32. The number of aromatic amines is 1. The summed E-state index contributed by atoms with van der Waals surface area (Å²) in [6.45, 7) is 2.11. The van der Waals surface area contributed by atoms with Gasteiger partial charge in [0.2, 0.25) is 0 Å². The molecule has 9 heteroatoms. The molecule has 1 aromatic heterocycles. The molecular formula is C10H20N6O2S. The first-order valence-electron chi connectivity index (χ1n) is 6.35. The van der Waals surface area contributed by atoms with Gasteiger partial charge in [-0.3, -0.25) is 5.10 Å². The maximum Gasteiger partial charge on any atom is 0.279 e. The lowest BCUT2D eigenvalue weighted by molar-refractivity contribution is 0.260. The minimum absolute atomic E-state index is 0.134. The zero-order valence-electron chi connectivity index (χ0n) is 11.0. The average molecular weight is 288 g/mol. The van der Waals surface area contributed by atoms with Gasteiger partial charge in [-0.1, -0.05) is 0 Å². The SMILES string of the molecule is CNCC1CCCN(S(=O)(=O)NCc2ncn[nH]2)C1. The van der Waals surface area contributed by atoms with Crippen LogP contribution >= 0.6 is 0 Å². The molecule has 3 N–H and O–H groups in total. The maximum atomic E-state index is 12.2. The first-order chi connectivity index (χ1) is 9.12. The van der Waals surface area contributed by atoms with Gasteiger partial charge in [-0.2, -0.15) is 22.5 Å². The quantitative estimate of drug-likeness (QED) is 0.627. The molecule has 0 radical (unpaired) electrons. The van der Waals surface area contributed by atoms with E-state index in [0.717, 1.165) is 19.4 Å². The van der Waals surface area contributed by atoms with Crippen LogP contribution in [0.1, 0.15) is 18.7 Å². The highest BCUT2D eigenvalue weighted by molar-refractivity contribution is 7.87. The Hall–Kier alpha value is -1.03. The number of rotatable bonds is 6. The molecule has 2 heterocycles. The molecule has 0 spiro atoms. The van der Waals surface area contributed by atoms with Gasteiger partial charge in [0.25, 0.3) is 10.2 Å². The van der Waals surface area contributed by atoms with Crippen LogP contribution in [0.3, 0.4) is 0 Å². The molecule has 0 aliphatic carbocycles. The van der Waals surface area contributed by atoms with E-state index in [-0.39, 0.29) is 6.54 Å². The summed E-state index contributed by atoms with van der Waals surface area (Å²) in [6, 6.07) is 0. The minimum atomic E-state index is -3.44. The fraction of sp³-hybridized carbons (Fsp3) is 0.800. The van der Waals surface area contributed by atoms with Gasteiger partial charge in [0.05, 0.1) is 6.54 Å². The molecule has 1 fully saturated rings. The van der Waals surface area contributed by atoms with Gasteiger partial charge in [0.1, 0.15) is 12.2 Å². The molecule has 8 nitrogen and oxygen atoms in total. The molecule has 108 valence electrons. The van der Waals surface area contributed by atoms with E-state index in [1.165, 1.54) is 10.6 Å². The van der Waals surface area contributed by atoms with Crippen LogP contribution in [-0.4, -0.2) is 54.6 Å². The zero-order valence-corrected chi connectivity index (χ0v) is 11.8. The Morgan fingerprint density at radius 2 is 2.42 bits per heavy atom. The van der Waals surface area contributed by atoms with Crippen LogP contribution in [0.25, 0.3) is 0 Å². The third kappa shape index (κ3) is 3.96. The monoisotopic (exact) mass is 288 g/mol. The summed E-state index contributed by atoms with van der Waals surface area (Å²) in [4.78, 5) is 3.89. The van der Waals surface area contributed by atoms with Crippen LogP contribution in [0.4, 0.5) is 0 Å². The lowest BCUT2D eigenvalue weighted by atomic mass is 10.00. The van der Waals surface area contributed by atoms with Crippen LogP contribution in [0.5, 0.6) is 0 Å². The van der Waals surface area contributed by atoms with Crippen molar-refractivity contribution >= 4 is 10.2 Å². The van der Waals surface area contributed by atoms with E-state index in [1.54, 1.807) is 0 Å². The maximum absolute atomic E-state index is 12.2. The highest BCUT2D eigenvalue weighted by Crippen LogP contribution is 2.17. The smallest absolute Gasteiger partial charge is 0.279 e. The molecule has 1 aromatic rings. The molecule has 1 atom stereocenters. The lowest BCUT2D eigenvalue weighted by Crippen LogP contribution is -2.47. The van der Waals surface area contributed by atoms with E-state index >= 15 is 0 Å². The molecule has 0 aromatic carbocycles.